The molecule has 146 valence electrons. The van der Waals surface area contributed by atoms with Crippen molar-refractivity contribution in [2.45, 2.75) is 13.5 Å². The van der Waals surface area contributed by atoms with E-state index in [1.807, 2.05) is 36.1 Å². The fourth-order valence-corrected chi connectivity index (χ4v) is 4.62. The zero-order chi connectivity index (χ0) is 19.5. The Morgan fingerprint density at radius 3 is 2.82 bits per heavy atom. The summed E-state index contributed by atoms with van der Waals surface area (Å²) in [6, 6.07) is 13.8. The van der Waals surface area contributed by atoms with Crippen LogP contribution in [0.15, 0.2) is 42.5 Å². The zero-order valence-corrected chi connectivity index (χ0v) is 17.4. The van der Waals surface area contributed by atoms with Crippen molar-refractivity contribution in [3.8, 4) is 5.75 Å². The van der Waals surface area contributed by atoms with Gasteiger partial charge in [0.2, 0.25) is 0 Å². The number of rotatable bonds is 5. The lowest BCUT2D eigenvalue weighted by atomic mass is 10.2. The molecule has 0 aliphatic carbocycles. The lowest BCUT2D eigenvalue weighted by Gasteiger charge is -2.31. The monoisotopic (exact) mass is 416 g/mol. The summed E-state index contributed by atoms with van der Waals surface area (Å²) in [5.74, 6) is 0.576. The van der Waals surface area contributed by atoms with Crippen LogP contribution in [-0.4, -0.2) is 48.6 Å². The van der Waals surface area contributed by atoms with Crippen molar-refractivity contribution in [2.24, 2.45) is 0 Å². The molecule has 0 radical (unpaired) electrons. The van der Waals surface area contributed by atoms with Crippen molar-refractivity contribution >= 4 is 39.1 Å². The van der Waals surface area contributed by atoms with Gasteiger partial charge in [0, 0.05) is 0 Å². The molecule has 0 bridgehead atoms. The number of quaternary nitrogens is 1. The van der Waals surface area contributed by atoms with Gasteiger partial charge in [0.1, 0.15) is 17.3 Å². The molecule has 1 aromatic heterocycles. The number of benzene rings is 2. The van der Waals surface area contributed by atoms with Gasteiger partial charge in [-0.05, 0) is 36.8 Å². The quantitative estimate of drug-likeness (QED) is 0.695. The van der Waals surface area contributed by atoms with Gasteiger partial charge in [-0.1, -0.05) is 29.8 Å². The van der Waals surface area contributed by atoms with Gasteiger partial charge in [-0.3, -0.25) is 4.79 Å². The molecular weight excluding hydrogens is 394 g/mol. The zero-order valence-electron chi connectivity index (χ0n) is 15.8. The SMILES string of the molecule is Cc1ccc(Cl)c(OCC(=O)N2CC[NH+](Cc3nc4ccccc4s3)CC2)c1. The number of hydrogen-bond acceptors (Lipinski definition) is 4. The van der Waals surface area contributed by atoms with E-state index >= 15 is 0 Å². The van der Waals surface area contributed by atoms with Gasteiger partial charge in [-0.25, -0.2) is 4.98 Å². The molecule has 1 aliphatic heterocycles. The number of aryl methyl sites for hydroxylation is 1. The van der Waals surface area contributed by atoms with E-state index in [1.54, 1.807) is 17.4 Å². The molecule has 0 spiro atoms. The molecule has 1 saturated heterocycles. The van der Waals surface area contributed by atoms with Crippen molar-refractivity contribution < 1.29 is 14.4 Å². The molecular formula is C21H23ClN3O2S+. The van der Waals surface area contributed by atoms with E-state index in [1.165, 1.54) is 9.60 Å². The largest absolute Gasteiger partial charge is 0.482 e. The Kier molecular flexibility index (Phi) is 5.80. The average molecular weight is 417 g/mol. The molecule has 7 heteroatoms. The van der Waals surface area contributed by atoms with Crippen molar-refractivity contribution in [3.05, 3.63) is 58.1 Å². The highest BCUT2D eigenvalue weighted by atomic mass is 35.5. The number of para-hydroxylation sites is 1. The molecule has 1 amide bonds. The Morgan fingerprint density at radius 1 is 1.25 bits per heavy atom. The van der Waals surface area contributed by atoms with E-state index < -0.39 is 0 Å². The van der Waals surface area contributed by atoms with E-state index in [9.17, 15) is 4.79 Å². The number of fused-ring (bicyclic) bond motifs is 1. The second kappa shape index (κ2) is 8.47. The Morgan fingerprint density at radius 2 is 2.04 bits per heavy atom. The Bertz CT molecular complexity index is 950. The van der Waals surface area contributed by atoms with Crippen molar-refractivity contribution in [3.63, 3.8) is 0 Å². The summed E-state index contributed by atoms with van der Waals surface area (Å²) >= 11 is 7.89. The normalized spacial score (nSPS) is 15.1. The average Bonchev–Trinajstić information content (AvgIpc) is 3.11. The van der Waals surface area contributed by atoms with Crippen LogP contribution < -0.4 is 9.64 Å². The van der Waals surface area contributed by atoms with Crippen LogP contribution in [0.4, 0.5) is 0 Å². The minimum atomic E-state index is 0.0107. The first-order chi connectivity index (χ1) is 13.6. The van der Waals surface area contributed by atoms with Crippen LogP contribution in [0, 0.1) is 6.92 Å². The maximum Gasteiger partial charge on any atom is 0.260 e. The Labute approximate surface area is 173 Å². The standard InChI is InChI=1S/C21H22ClN3O2S/c1-15-6-7-16(22)18(12-15)27-14-21(26)25-10-8-24(9-11-25)13-20-23-17-4-2-3-5-19(17)28-20/h2-7,12H,8-11,13-14H2,1H3/p+1. The predicted octanol–water partition coefficient (Wildman–Crippen LogP) is 2.56. The predicted molar refractivity (Wildman–Crippen MR) is 112 cm³/mol. The molecule has 2 heterocycles. The maximum atomic E-state index is 12.5. The van der Waals surface area contributed by atoms with Crippen LogP contribution in [0.25, 0.3) is 10.2 Å². The molecule has 0 atom stereocenters. The topological polar surface area (TPSA) is 46.9 Å². The van der Waals surface area contributed by atoms with E-state index in [4.69, 9.17) is 21.3 Å². The van der Waals surface area contributed by atoms with Gasteiger partial charge in [-0.15, -0.1) is 11.3 Å². The molecule has 0 saturated carbocycles. The summed E-state index contributed by atoms with van der Waals surface area (Å²) < 4.78 is 6.88. The molecule has 28 heavy (non-hydrogen) atoms. The lowest BCUT2D eigenvalue weighted by molar-refractivity contribution is -0.917. The third-order valence-corrected chi connectivity index (χ3v) is 6.35. The summed E-state index contributed by atoms with van der Waals surface area (Å²) in [5.41, 5.74) is 2.13. The number of amides is 1. The summed E-state index contributed by atoms with van der Waals surface area (Å²) in [6.45, 7) is 6.24. The third-order valence-electron chi connectivity index (χ3n) is 5.00. The molecule has 4 rings (SSSR count). The number of carbonyl (C=O) groups is 1. The van der Waals surface area contributed by atoms with Crippen LogP contribution in [0.1, 0.15) is 10.6 Å². The molecule has 2 aromatic carbocycles. The van der Waals surface area contributed by atoms with Gasteiger partial charge >= 0.3 is 0 Å². The number of aromatic nitrogens is 1. The van der Waals surface area contributed by atoms with Gasteiger partial charge in [0.25, 0.3) is 5.91 Å². The number of nitrogens with zero attached hydrogens (tertiary/aromatic N) is 2. The maximum absolute atomic E-state index is 12.5. The molecule has 0 unspecified atom stereocenters. The van der Waals surface area contributed by atoms with Crippen LogP contribution in [0.2, 0.25) is 5.02 Å². The fourth-order valence-electron chi connectivity index (χ4n) is 3.41. The number of piperazine rings is 1. The lowest BCUT2D eigenvalue weighted by Crippen LogP contribution is -3.13. The van der Waals surface area contributed by atoms with E-state index in [0.29, 0.717) is 10.8 Å². The van der Waals surface area contributed by atoms with Crippen LogP contribution in [0.3, 0.4) is 0 Å². The van der Waals surface area contributed by atoms with Gasteiger partial charge in [0.15, 0.2) is 6.61 Å². The molecule has 1 fully saturated rings. The van der Waals surface area contributed by atoms with Crippen molar-refractivity contribution in [2.75, 3.05) is 32.8 Å². The van der Waals surface area contributed by atoms with Crippen molar-refractivity contribution in [1.29, 1.82) is 0 Å². The van der Waals surface area contributed by atoms with Crippen LogP contribution in [-0.2, 0) is 11.3 Å². The summed E-state index contributed by atoms with van der Waals surface area (Å²) in [4.78, 5) is 20.6. The summed E-state index contributed by atoms with van der Waals surface area (Å²) in [7, 11) is 0. The highest BCUT2D eigenvalue weighted by molar-refractivity contribution is 7.18. The number of thiazole rings is 1. The van der Waals surface area contributed by atoms with Gasteiger partial charge in [0.05, 0.1) is 41.4 Å². The van der Waals surface area contributed by atoms with Gasteiger partial charge in [-0.2, -0.15) is 0 Å². The third kappa shape index (κ3) is 4.46. The minimum Gasteiger partial charge on any atom is -0.482 e. The number of nitrogens with one attached hydrogen (secondary N) is 1. The first kappa shape index (κ1) is 19.2. The first-order valence-electron chi connectivity index (χ1n) is 9.43. The summed E-state index contributed by atoms with van der Waals surface area (Å²) in [5, 5.41) is 1.69. The second-order valence-corrected chi connectivity index (χ2v) is 8.63. The van der Waals surface area contributed by atoms with Crippen LogP contribution >= 0.6 is 22.9 Å². The van der Waals surface area contributed by atoms with E-state index in [0.717, 1.165) is 48.8 Å². The van der Waals surface area contributed by atoms with E-state index in [2.05, 4.69) is 12.1 Å². The first-order valence-corrected chi connectivity index (χ1v) is 10.6. The fraction of sp³-hybridized carbons (Fsp3) is 0.333. The van der Waals surface area contributed by atoms with Gasteiger partial charge < -0.3 is 14.5 Å². The number of ether oxygens (including phenoxy) is 1. The molecule has 1 N–H and O–H groups in total. The highest BCUT2D eigenvalue weighted by Crippen LogP contribution is 2.25. The number of halogens is 1. The molecule has 1 aliphatic rings. The second-order valence-electron chi connectivity index (χ2n) is 7.11. The molecule has 3 aromatic rings. The van der Waals surface area contributed by atoms with E-state index in [-0.39, 0.29) is 12.5 Å². The molecule has 5 nitrogen and oxygen atoms in total. The van der Waals surface area contributed by atoms with Crippen LogP contribution in [0.5, 0.6) is 5.75 Å². The Balaban J connectivity index is 1.27. The van der Waals surface area contributed by atoms with Crippen molar-refractivity contribution in [1.82, 2.24) is 9.88 Å². The smallest absolute Gasteiger partial charge is 0.260 e. The Hall–Kier alpha value is -2.15. The minimum absolute atomic E-state index is 0.0107. The number of hydrogen-bond donors (Lipinski definition) is 1. The highest BCUT2D eigenvalue weighted by Gasteiger charge is 2.25. The summed E-state index contributed by atoms with van der Waals surface area (Å²) in [6.07, 6.45) is 0. The number of carbonyl (C=O) groups excluding carboxylic acids is 1.